The summed E-state index contributed by atoms with van der Waals surface area (Å²) in [5.41, 5.74) is 2.39. The van der Waals surface area contributed by atoms with E-state index in [4.69, 9.17) is 23.4 Å². The molecule has 2 aliphatic heterocycles. The van der Waals surface area contributed by atoms with Crippen molar-refractivity contribution < 1.29 is 33.3 Å². The Labute approximate surface area is 240 Å². The van der Waals surface area contributed by atoms with Crippen molar-refractivity contribution >= 4 is 31.4 Å². The molecule has 0 bridgehead atoms. The topological polar surface area (TPSA) is 83.5 Å². The van der Waals surface area contributed by atoms with Crippen molar-refractivity contribution in [3.63, 3.8) is 0 Å². The molecule has 2 aromatic carbocycles. The van der Waals surface area contributed by atoms with Crippen LogP contribution >= 0.6 is 0 Å². The second-order valence-corrected chi connectivity index (χ2v) is 12.1. The standard InChI is InChI=1S/C18H25BO4.C12H15BO3.CH4/c1-17(2)18(3,4)23-19(22-17)16-11-15(10-9-13(16)12-20)21-14-7-5-6-8-14;14-13-12-7-11(6-5-9(12)8-15-13)16-10-3-1-2-4-10;/h9-12,14H,5-8H2,1-4H3;5-7,10,14H,1-4,8H2;1H4. The zero-order valence-electron chi connectivity index (χ0n) is 23.6. The molecule has 0 unspecified atom stereocenters. The fourth-order valence-electron chi connectivity index (χ4n) is 5.57. The lowest BCUT2D eigenvalue weighted by atomic mass is 9.76. The lowest BCUT2D eigenvalue weighted by Crippen LogP contribution is -2.41. The van der Waals surface area contributed by atoms with Crippen LogP contribution in [0.25, 0.3) is 0 Å². The van der Waals surface area contributed by atoms with Gasteiger partial charge >= 0.3 is 14.2 Å². The fraction of sp³-hybridized carbons (Fsp3) is 0.581. The van der Waals surface area contributed by atoms with Crippen LogP contribution in [0.4, 0.5) is 0 Å². The van der Waals surface area contributed by atoms with Crippen LogP contribution in [0.3, 0.4) is 0 Å². The van der Waals surface area contributed by atoms with E-state index in [2.05, 4.69) is 0 Å². The molecule has 3 fully saturated rings. The van der Waals surface area contributed by atoms with E-state index in [0.29, 0.717) is 18.3 Å². The fourth-order valence-corrected chi connectivity index (χ4v) is 5.57. The quantitative estimate of drug-likeness (QED) is 0.401. The van der Waals surface area contributed by atoms with Crippen LogP contribution in [0.5, 0.6) is 11.5 Å². The predicted molar refractivity (Wildman–Crippen MR) is 159 cm³/mol. The van der Waals surface area contributed by atoms with E-state index < -0.39 is 25.4 Å². The van der Waals surface area contributed by atoms with Crippen molar-refractivity contribution in [1.82, 2.24) is 0 Å². The van der Waals surface area contributed by atoms with Gasteiger partial charge in [0, 0.05) is 5.56 Å². The highest BCUT2D eigenvalue weighted by Crippen LogP contribution is 2.37. The number of carbonyl (C=O) groups excluding carboxylic acids is 1. The van der Waals surface area contributed by atoms with Gasteiger partial charge in [-0.25, -0.2) is 0 Å². The third kappa shape index (κ3) is 6.76. The summed E-state index contributed by atoms with van der Waals surface area (Å²) in [6.45, 7) is 8.53. The van der Waals surface area contributed by atoms with Crippen LogP contribution in [-0.4, -0.2) is 49.0 Å². The van der Waals surface area contributed by atoms with Crippen LogP contribution in [-0.2, 0) is 20.6 Å². The first kappa shape index (κ1) is 30.6. The summed E-state index contributed by atoms with van der Waals surface area (Å²) in [5, 5.41) is 9.59. The molecule has 4 aliphatic rings. The van der Waals surface area contributed by atoms with Crippen molar-refractivity contribution in [3.8, 4) is 11.5 Å². The van der Waals surface area contributed by atoms with E-state index in [9.17, 15) is 9.82 Å². The number of benzene rings is 2. The average Bonchev–Trinajstić information content (AvgIpc) is 3.70. The maximum absolute atomic E-state index is 11.4. The summed E-state index contributed by atoms with van der Waals surface area (Å²) in [6, 6.07) is 11.4. The Balaban J connectivity index is 0.000000191. The van der Waals surface area contributed by atoms with E-state index in [1.165, 1.54) is 25.7 Å². The van der Waals surface area contributed by atoms with E-state index in [-0.39, 0.29) is 13.5 Å². The summed E-state index contributed by atoms with van der Waals surface area (Å²) in [6.07, 6.45) is 11.0. The molecule has 0 amide bonds. The molecule has 0 aromatic heterocycles. The highest BCUT2D eigenvalue weighted by molar-refractivity contribution is 6.63. The Hall–Kier alpha value is -2.32. The van der Waals surface area contributed by atoms with Gasteiger partial charge in [-0.1, -0.05) is 13.5 Å². The van der Waals surface area contributed by atoms with E-state index in [1.807, 2.05) is 58.0 Å². The second kappa shape index (κ2) is 12.7. The van der Waals surface area contributed by atoms with E-state index in [1.54, 1.807) is 6.07 Å². The maximum atomic E-state index is 11.4. The Morgan fingerprint density at radius 2 is 1.32 bits per heavy atom. The molecule has 1 saturated heterocycles. The lowest BCUT2D eigenvalue weighted by Gasteiger charge is -2.32. The number of ether oxygens (including phenoxy) is 2. The Kier molecular flexibility index (Phi) is 9.71. The second-order valence-electron chi connectivity index (χ2n) is 12.1. The molecule has 9 heteroatoms. The minimum atomic E-state index is -0.776. The van der Waals surface area contributed by atoms with Gasteiger partial charge < -0.3 is 28.5 Å². The molecule has 40 heavy (non-hydrogen) atoms. The maximum Gasteiger partial charge on any atom is 0.495 e. The molecule has 2 heterocycles. The van der Waals surface area contributed by atoms with Crippen molar-refractivity contribution in [2.24, 2.45) is 0 Å². The first-order chi connectivity index (χ1) is 18.6. The molecule has 2 saturated carbocycles. The molecule has 2 aliphatic carbocycles. The SMILES string of the molecule is C.CC1(C)OB(c2cc(OC3CCCC3)ccc2C=O)OC1(C)C.OB1OCc2ccc(OC3CCCC3)cc21. The first-order valence-electron chi connectivity index (χ1n) is 14.4. The predicted octanol–water partition coefficient (Wildman–Crippen LogP) is 4.98. The summed E-state index contributed by atoms with van der Waals surface area (Å²) < 4.78 is 29.2. The Morgan fingerprint density at radius 3 is 1.85 bits per heavy atom. The van der Waals surface area contributed by atoms with Crippen LogP contribution in [0.2, 0.25) is 0 Å². The van der Waals surface area contributed by atoms with Crippen molar-refractivity contribution in [2.75, 3.05) is 0 Å². The molecule has 1 N–H and O–H groups in total. The largest absolute Gasteiger partial charge is 0.495 e. The summed E-state index contributed by atoms with van der Waals surface area (Å²) in [5.74, 6) is 1.64. The van der Waals surface area contributed by atoms with Gasteiger partial charge in [0.05, 0.1) is 30.0 Å². The van der Waals surface area contributed by atoms with Crippen molar-refractivity contribution in [3.05, 3.63) is 47.5 Å². The van der Waals surface area contributed by atoms with Gasteiger partial charge in [-0.05, 0) is 126 Å². The van der Waals surface area contributed by atoms with Gasteiger partial charge in [0.25, 0.3) is 0 Å². The van der Waals surface area contributed by atoms with Crippen molar-refractivity contribution in [2.45, 2.75) is 117 Å². The molecule has 0 atom stereocenters. The van der Waals surface area contributed by atoms with Gasteiger partial charge in [-0.3, -0.25) is 4.79 Å². The smallest absolute Gasteiger partial charge is 0.490 e. The molecule has 0 spiro atoms. The first-order valence-corrected chi connectivity index (χ1v) is 14.4. The highest BCUT2D eigenvalue weighted by Gasteiger charge is 2.52. The molecule has 7 nitrogen and oxygen atoms in total. The van der Waals surface area contributed by atoms with Crippen molar-refractivity contribution in [1.29, 1.82) is 0 Å². The Bertz CT molecular complexity index is 1140. The summed E-state index contributed by atoms with van der Waals surface area (Å²) in [7, 11) is -1.32. The number of aldehydes is 1. The monoisotopic (exact) mass is 550 g/mol. The van der Waals surface area contributed by atoms with Crippen LogP contribution in [0.15, 0.2) is 36.4 Å². The van der Waals surface area contributed by atoms with E-state index in [0.717, 1.165) is 60.0 Å². The van der Waals surface area contributed by atoms with Crippen LogP contribution in [0, 0.1) is 0 Å². The third-order valence-electron chi connectivity index (χ3n) is 8.68. The number of fused-ring (bicyclic) bond motifs is 1. The molecular formula is C31H44B2O7. The number of hydrogen-bond donors (Lipinski definition) is 1. The zero-order valence-corrected chi connectivity index (χ0v) is 23.6. The average molecular weight is 550 g/mol. The zero-order chi connectivity index (χ0) is 27.6. The number of rotatable bonds is 6. The molecule has 0 radical (unpaired) electrons. The van der Waals surface area contributed by atoms with Gasteiger partial charge in [0.2, 0.25) is 0 Å². The third-order valence-corrected chi connectivity index (χ3v) is 8.68. The molecule has 216 valence electrons. The molecule has 2 aromatic rings. The van der Waals surface area contributed by atoms with Crippen LogP contribution < -0.4 is 20.4 Å². The van der Waals surface area contributed by atoms with E-state index >= 15 is 0 Å². The number of hydrogen-bond acceptors (Lipinski definition) is 7. The minimum Gasteiger partial charge on any atom is -0.490 e. The highest BCUT2D eigenvalue weighted by atomic mass is 16.7. The summed E-state index contributed by atoms with van der Waals surface area (Å²) in [4.78, 5) is 11.4. The number of carbonyl (C=O) groups is 1. The molecule has 6 rings (SSSR count). The molecular weight excluding hydrogens is 506 g/mol. The van der Waals surface area contributed by atoms with Gasteiger partial charge in [0.1, 0.15) is 17.8 Å². The minimum absolute atomic E-state index is 0. The van der Waals surface area contributed by atoms with Crippen LogP contribution in [0.1, 0.15) is 102 Å². The normalized spacial score (nSPS) is 21.4. The van der Waals surface area contributed by atoms with Gasteiger partial charge in [-0.2, -0.15) is 0 Å². The summed E-state index contributed by atoms with van der Waals surface area (Å²) >= 11 is 0. The lowest BCUT2D eigenvalue weighted by molar-refractivity contribution is 0.00578. The Morgan fingerprint density at radius 1 is 0.825 bits per heavy atom. The van der Waals surface area contributed by atoms with Gasteiger partial charge in [-0.15, -0.1) is 0 Å². The van der Waals surface area contributed by atoms with Gasteiger partial charge in [0.15, 0.2) is 0 Å².